The molecule has 0 aliphatic heterocycles. The molecule has 1 heterocycles. The minimum atomic E-state index is -3.37. The zero-order valence-corrected chi connectivity index (χ0v) is 11.5. The molecule has 0 aliphatic rings. The second-order valence-electron chi connectivity index (χ2n) is 4.62. The van der Waals surface area contributed by atoms with Crippen LogP contribution in [0.4, 0.5) is 8.78 Å². The van der Waals surface area contributed by atoms with Crippen LogP contribution in [0, 0.1) is 0 Å². The Labute approximate surface area is 121 Å². The van der Waals surface area contributed by atoms with Gasteiger partial charge in [0.2, 0.25) is 0 Å². The molecule has 1 aromatic carbocycles. The molecule has 1 amide bonds. The van der Waals surface area contributed by atoms with Gasteiger partial charge in [-0.05, 0) is 6.07 Å². The molecule has 0 bridgehead atoms. The van der Waals surface area contributed by atoms with Crippen molar-refractivity contribution in [1.82, 2.24) is 15.3 Å². The molecule has 0 fully saturated rings. The van der Waals surface area contributed by atoms with Crippen molar-refractivity contribution in [3.05, 3.63) is 48.4 Å². The van der Waals surface area contributed by atoms with Crippen molar-refractivity contribution < 1.29 is 13.6 Å². The van der Waals surface area contributed by atoms with Crippen LogP contribution >= 0.6 is 0 Å². The van der Waals surface area contributed by atoms with E-state index >= 15 is 0 Å². The largest absolute Gasteiger partial charge is 0.350 e. The molecular formula is C15H15F2N3O. The summed E-state index contributed by atoms with van der Waals surface area (Å²) >= 11 is 0. The van der Waals surface area contributed by atoms with Crippen LogP contribution in [0.5, 0.6) is 0 Å². The molecule has 1 N–H and O–H groups in total. The van der Waals surface area contributed by atoms with Gasteiger partial charge in [-0.1, -0.05) is 30.3 Å². The number of amides is 1. The van der Waals surface area contributed by atoms with Gasteiger partial charge in [-0.15, -0.1) is 0 Å². The van der Waals surface area contributed by atoms with Crippen LogP contribution in [-0.2, 0) is 11.2 Å². The number of benzene rings is 1. The normalized spacial score (nSPS) is 11.2. The summed E-state index contributed by atoms with van der Waals surface area (Å²) < 4.78 is 25.4. The maximum absolute atomic E-state index is 12.7. The molecule has 2 rings (SSSR count). The van der Waals surface area contributed by atoms with E-state index in [1.165, 1.54) is 0 Å². The number of hydrogen-bond donors (Lipinski definition) is 1. The van der Waals surface area contributed by atoms with E-state index in [9.17, 15) is 13.6 Å². The van der Waals surface area contributed by atoms with Gasteiger partial charge in [-0.3, -0.25) is 4.79 Å². The summed E-state index contributed by atoms with van der Waals surface area (Å²) in [5, 5.41) is 2.16. The highest BCUT2D eigenvalue weighted by atomic mass is 19.3. The molecule has 0 radical (unpaired) electrons. The molecule has 0 saturated carbocycles. The predicted octanol–water partition coefficient (Wildman–Crippen LogP) is 2.46. The lowest BCUT2D eigenvalue weighted by atomic mass is 10.1. The number of carbonyl (C=O) groups excluding carboxylic acids is 1. The van der Waals surface area contributed by atoms with Crippen LogP contribution in [-0.4, -0.2) is 28.3 Å². The molecule has 0 spiro atoms. The molecule has 110 valence electrons. The van der Waals surface area contributed by atoms with Gasteiger partial charge in [0.25, 0.3) is 5.91 Å². The van der Waals surface area contributed by atoms with E-state index in [1.54, 1.807) is 12.3 Å². The molecule has 0 atom stereocenters. The van der Waals surface area contributed by atoms with Crippen molar-refractivity contribution in [2.24, 2.45) is 0 Å². The maximum atomic E-state index is 12.7. The Hall–Kier alpha value is -2.37. The summed E-state index contributed by atoms with van der Waals surface area (Å²) in [5.41, 5.74) is 1.71. The summed E-state index contributed by atoms with van der Waals surface area (Å²) in [5.74, 6) is -4.16. The fourth-order valence-corrected chi connectivity index (χ4v) is 1.73. The standard InChI is InChI=1S/C15H15F2N3O/c1-15(16,17)14(21)19-10-8-13-18-9-7-12(20-13)11-5-3-2-4-6-11/h2-7,9H,8,10H2,1H3,(H,19,21). The quantitative estimate of drug-likeness (QED) is 0.920. The van der Waals surface area contributed by atoms with Crippen LogP contribution in [0.15, 0.2) is 42.6 Å². The first-order valence-electron chi connectivity index (χ1n) is 6.50. The molecular weight excluding hydrogens is 276 g/mol. The minimum Gasteiger partial charge on any atom is -0.350 e. The van der Waals surface area contributed by atoms with Gasteiger partial charge >= 0.3 is 5.92 Å². The predicted molar refractivity (Wildman–Crippen MR) is 74.8 cm³/mol. The Morgan fingerprint density at radius 2 is 1.95 bits per heavy atom. The number of nitrogens with one attached hydrogen (secondary N) is 1. The third-order valence-corrected chi connectivity index (χ3v) is 2.81. The highest BCUT2D eigenvalue weighted by Gasteiger charge is 2.31. The molecule has 0 unspecified atom stereocenters. The molecule has 4 nitrogen and oxygen atoms in total. The molecule has 0 saturated heterocycles. The van der Waals surface area contributed by atoms with Crippen molar-refractivity contribution >= 4 is 5.91 Å². The number of rotatable bonds is 5. The lowest BCUT2D eigenvalue weighted by Gasteiger charge is -2.10. The number of carbonyl (C=O) groups is 1. The van der Waals surface area contributed by atoms with Gasteiger partial charge in [0.1, 0.15) is 5.82 Å². The zero-order chi connectivity index (χ0) is 15.3. The first kappa shape index (κ1) is 15.0. The zero-order valence-electron chi connectivity index (χ0n) is 11.5. The van der Waals surface area contributed by atoms with Gasteiger partial charge in [-0.2, -0.15) is 8.78 Å². The van der Waals surface area contributed by atoms with Crippen LogP contribution in [0.1, 0.15) is 12.7 Å². The van der Waals surface area contributed by atoms with E-state index in [0.29, 0.717) is 19.2 Å². The molecule has 0 aliphatic carbocycles. The average Bonchev–Trinajstić information content (AvgIpc) is 2.47. The number of alkyl halides is 2. The average molecular weight is 291 g/mol. The fourth-order valence-electron chi connectivity index (χ4n) is 1.73. The first-order valence-corrected chi connectivity index (χ1v) is 6.50. The summed E-state index contributed by atoms with van der Waals surface area (Å²) in [7, 11) is 0. The van der Waals surface area contributed by atoms with E-state index in [4.69, 9.17) is 0 Å². The monoisotopic (exact) mass is 291 g/mol. The van der Waals surface area contributed by atoms with Gasteiger partial charge in [-0.25, -0.2) is 9.97 Å². The Morgan fingerprint density at radius 1 is 1.24 bits per heavy atom. The highest BCUT2D eigenvalue weighted by molar-refractivity contribution is 5.82. The topological polar surface area (TPSA) is 54.9 Å². The van der Waals surface area contributed by atoms with E-state index in [0.717, 1.165) is 11.3 Å². The summed E-state index contributed by atoms with van der Waals surface area (Å²) in [6.45, 7) is 0.634. The number of hydrogen-bond acceptors (Lipinski definition) is 3. The van der Waals surface area contributed by atoms with Crippen LogP contribution in [0.2, 0.25) is 0 Å². The molecule has 6 heteroatoms. The minimum absolute atomic E-state index is 0.0699. The van der Waals surface area contributed by atoms with Crippen molar-refractivity contribution in [1.29, 1.82) is 0 Å². The van der Waals surface area contributed by atoms with E-state index < -0.39 is 11.8 Å². The fraction of sp³-hybridized carbons (Fsp3) is 0.267. The Kier molecular flexibility index (Phi) is 4.57. The maximum Gasteiger partial charge on any atom is 0.321 e. The second kappa shape index (κ2) is 6.39. The third-order valence-electron chi connectivity index (χ3n) is 2.81. The Bertz CT molecular complexity index is 612. The number of halogens is 2. The Morgan fingerprint density at radius 3 is 2.62 bits per heavy atom. The van der Waals surface area contributed by atoms with Gasteiger partial charge in [0.15, 0.2) is 0 Å². The summed E-state index contributed by atoms with van der Waals surface area (Å²) in [4.78, 5) is 19.5. The van der Waals surface area contributed by atoms with Crippen molar-refractivity contribution in [3.8, 4) is 11.3 Å². The third kappa shape index (κ3) is 4.30. The summed E-state index contributed by atoms with van der Waals surface area (Å²) in [6.07, 6.45) is 1.91. The van der Waals surface area contributed by atoms with E-state index in [-0.39, 0.29) is 6.54 Å². The molecule has 1 aromatic heterocycles. The molecule has 21 heavy (non-hydrogen) atoms. The lowest BCUT2D eigenvalue weighted by Crippen LogP contribution is -2.38. The first-order chi connectivity index (χ1) is 9.97. The van der Waals surface area contributed by atoms with Gasteiger partial charge in [0, 0.05) is 31.6 Å². The lowest BCUT2D eigenvalue weighted by molar-refractivity contribution is -0.142. The Balaban J connectivity index is 1.98. The van der Waals surface area contributed by atoms with E-state index in [1.807, 2.05) is 30.3 Å². The number of aromatic nitrogens is 2. The van der Waals surface area contributed by atoms with Gasteiger partial charge < -0.3 is 5.32 Å². The SMILES string of the molecule is CC(F)(F)C(=O)NCCc1nccc(-c2ccccc2)n1. The van der Waals surface area contributed by atoms with E-state index in [2.05, 4.69) is 15.3 Å². The van der Waals surface area contributed by atoms with Crippen molar-refractivity contribution in [2.45, 2.75) is 19.3 Å². The van der Waals surface area contributed by atoms with Crippen molar-refractivity contribution in [2.75, 3.05) is 6.54 Å². The van der Waals surface area contributed by atoms with Crippen LogP contribution in [0.25, 0.3) is 11.3 Å². The second-order valence-corrected chi connectivity index (χ2v) is 4.62. The van der Waals surface area contributed by atoms with Crippen LogP contribution in [0.3, 0.4) is 0 Å². The molecule has 2 aromatic rings. The van der Waals surface area contributed by atoms with Gasteiger partial charge in [0.05, 0.1) is 5.69 Å². The van der Waals surface area contributed by atoms with Crippen molar-refractivity contribution in [3.63, 3.8) is 0 Å². The highest BCUT2D eigenvalue weighted by Crippen LogP contribution is 2.15. The smallest absolute Gasteiger partial charge is 0.321 e. The number of nitrogens with zero attached hydrogens (tertiary/aromatic N) is 2. The van der Waals surface area contributed by atoms with Crippen LogP contribution < -0.4 is 5.32 Å². The summed E-state index contributed by atoms with van der Waals surface area (Å²) in [6, 6.07) is 11.3.